The summed E-state index contributed by atoms with van der Waals surface area (Å²) in [6, 6.07) is 1.63. The molecular formula is C12H14Cl2N2O2S. The fourth-order valence-electron chi connectivity index (χ4n) is 2.26. The van der Waals surface area contributed by atoms with Gasteiger partial charge in [-0.05, 0) is 25.8 Å². The van der Waals surface area contributed by atoms with Gasteiger partial charge in [0.15, 0.2) is 0 Å². The zero-order valence-electron chi connectivity index (χ0n) is 10.4. The largest absolute Gasteiger partial charge is 0.369 e. The van der Waals surface area contributed by atoms with E-state index in [0.717, 1.165) is 24.2 Å². The molecule has 1 aromatic rings. The van der Waals surface area contributed by atoms with Crippen molar-refractivity contribution in [3.63, 3.8) is 0 Å². The lowest BCUT2D eigenvalue weighted by atomic mass is 9.92. The van der Waals surface area contributed by atoms with Crippen LogP contribution in [0.4, 0.5) is 0 Å². The van der Waals surface area contributed by atoms with E-state index >= 15 is 0 Å². The van der Waals surface area contributed by atoms with Crippen LogP contribution in [-0.4, -0.2) is 29.3 Å². The number of piperidine rings is 1. The normalized spacial score (nSPS) is 23.4. The molecule has 1 saturated heterocycles. The van der Waals surface area contributed by atoms with Crippen LogP contribution >= 0.6 is 34.5 Å². The van der Waals surface area contributed by atoms with Gasteiger partial charge < -0.3 is 10.6 Å². The Labute approximate surface area is 125 Å². The van der Waals surface area contributed by atoms with Crippen molar-refractivity contribution in [1.29, 1.82) is 0 Å². The number of thiophene rings is 1. The van der Waals surface area contributed by atoms with Crippen molar-refractivity contribution in [2.75, 3.05) is 6.54 Å². The minimum Gasteiger partial charge on any atom is -0.369 e. The monoisotopic (exact) mass is 320 g/mol. The first kappa shape index (κ1) is 14.6. The lowest BCUT2D eigenvalue weighted by Crippen LogP contribution is -2.48. The zero-order valence-corrected chi connectivity index (χ0v) is 12.7. The van der Waals surface area contributed by atoms with Gasteiger partial charge in [0.1, 0.15) is 4.34 Å². The van der Waals surface area contributed by atoms with E-state index in [-0.39, 0.29) is 23.8 Å². The molecular weight excluding hydrogens is 307 g/mol. The molecule has 2 amide bonds. The molecule has 4 nitrogen and oxygen atoms in total. The van der Waals surface area contributed by atoms with Crippen LogP contribution in [0.2, 0.25) is 8.67 Å². The standard InChI is InChI=1S/C12H14Cl2N2O2S/c1-6-2-3-7(11(15)17)5-16(6)12(18)8-4-9(13)19-10(8)14/h4,6-7H,2-3,5H2,1H3,(H2,15,17)/t6-,7+/m1/s1. The average Bonchev–Trinajstić information content (AvgIpc) is 2.68. The van der Waals surface area contributed by atoms with E-state index in [1.165, 1.54) is 0 Å². The Morgan fingerprint density at radius 1 is 1.42 bits per heavy atom. The fraction of sp³-hybridized carbons (Fsp3) is 0.500. The molecule has 19 heavy (non-hydrogen) atoms. The Morgan fingerprint density at radius 3 is 2.63 bits per heavy atom. The van der Waals surface area contributed by atoms with E-state index in [9.17, 15) is 9.59 Å². The molecule has 0 radical (unpaired) electrons. The third-order valence-corrected chi connectivity index (χ3v) is 4.92. The van der Waals surface area contributed by atoms with Gasteiger partial charge in [-0.25, -0.2) is 0 Å². The number of amides is 2. The molecule has 2 heterocycles. The van der Waals surface area contributed by atoms with Gasteiger partial charge in [0.25, 0.3) is 5.91 Å². The molecule has 1 aliphatic heterocycles. The molecule has 2 atom stereocenters. The maximum absolute atomic E-state index is 12.4. The number of hydrogen-bond donors (Lipinski definition) is 1. The second-order valence-electron chi connectivity index (χ2n) is 4.72. The number of carbonyl (C=O) groups excluding carboxylic acids is 2. The molecule has 7 heteroatoms. The molecule has 1 aromatic heterocycles. The van der Waals surface area contributed by atoms with Crippen LogP contribution < -0.4 is 5.73 Å². The highest BCUT2D eigenvalue weighted by Gasteiger charge is 2.33. The van der Waals surface area contributed by atoms with Crippen LogP contribution in [0.3, 0.4) is 0 Å². The smallest absolute Gasteiger partial charge is 0.256 e. The summed E-state index contributed by atoms with van der Waals surface area (Å²) < 4.78 is 0.855. The maximum atomic E-state index is 12.4. The van der Waals surface area contributed by atoms with Gasteiger partial charge in [-0.15, -0.1) is 11.3 Å². The first-order valence-corrected chi connectivity index (χ1v) is 7.52. The number of nitrogens with zero attached hydrogens (tertiary/aromatic N) is 1. The van der Waals surface area contributed by atoms with E-state index in [2.05, 4.69) is 0 Å². The first-order valence-electron chi connectivity index (χ1n) is 5.95. The average molecular weight is 321 g/mol. The number of primary amides is 1. The summed E-state index contributed by atoms with van der Waals surface area (Å²) in [5, 5.41) is 0. The molecule has 0 aromatic carbocycles. The third kappa shape index (κ3) is 3.04. The lowest BCUT2D eigenvalue weighted by molar-refractivity contribution is -0.123. The number of rotatable bonds is 2. The van der Waals surface area contributed by atoms with Crippen LogP contribution in [-0.2, 0) is 4.79 Å². The van der Waals surface area contributed by atoms with Crippen molar-refractivity contribution < 1.29 is 9.59 Å². The summed E-state index contributed by atoms with van der Waals surface area (Å²) in [7, 11) is 0. The molecule has 104 valence electrons. The summed E-state index contributed by atoms with van der Waals surface area (Å²) in [6.07, 6.45) is 1.48. The summed E-state index contributed by atoms with van der Waals surface area (Å²) in [4.78, 5) is 25.4. The molecule has 0 bridgehead atoms. The number of hydrogen-bond acceptors (Lipinski definition) is 3. The van der Waals surface area contributed by atoms with Crippen LogP contribution in [0, 0.1) is 5.92 Å². The van der Waals surface area contributed by atoms with Gasteiger partial charge in [-0.1, -0.05) is 23.2 Å². The van der Waals surface area contributed by atoms with Gasteiger partial charge in [0.2, 0.25) is 5.91 Å². The first-order chi connectivity index (χ1) is 8.90. The summed E-state index contributed by atoms with van der Waals surface area (Å²) in [6.45, 7) is 2.30. The summed E-state index contributed by atoms with van der Waals surface area (Å²) in [5.41, 5.74) is 5.72. The van der Waals surface area contributed by atoms with E-state index in [0.29, 0.717) is 20.8 Å². The molecule has 0 aliphatic carbocycles. The molecule has 0 saturated carbocycles. The van der Waals surface area contributed by atoms with E-state index in [4.69, 9.17) is 28.9 Å². The van der Waals surface area contributed by atoms with Crippen LogP contribution in [0.25, 0.3) is 0 Å². The molecule has 2 rings (SSSR count). The quantitative estimate of drug-likeness (QED) is 0.910. The van der Waals surface area contributed by atoms with Gasteiger partial charge in [0, 0.05) is 12.6 Å². The van der Waals surface area contributed by atoms with Crippen molar-refractivity contribution in [3.8, 4) is 0 Å². The summed E-state index contributed by atoms with van der Waals surface area (Å²) >= 11 is 13.0. The van der Waals surface area contributed by atoms with Crippen LogP contribution in [0.5, 0.6) is 0 Å². The third-order valence-electron chi connectivity index (χ3n) is 3.43. The van der Waals surface area contributed by atoms with Gasteiger partial charge in [-0.3, -0.25) is 9.59 Å². The van der Waals surface area contributed by atoms with Crippen molar-refractivity contribution in [2.24, 2.45) is 11.7 Å². The van der Waals surface area contributed by atoms with Crippen molar-refractivity contribution in [2.45, 2.75) is 25.8 Å². The van der Waals surface area contributed by atoms with E-state index < -0.39 is 0 Å². The number of nitrogens with two attached hydrogens (primary N) is 1. The zero-order chi connectivity index (χ0) is 14.2. The predicted molar refractivity (Wildman–Crippen MR) is 76.8 cm³/mol. The molecule has 0 spiro atoms. The van der Waals surface area contributed by atoms with Crippen molar-refractivity contribution in [3.05, 3.63) is 20.3 Å². The molecule has 1 aliphatic rings. The highest BCUT2D eigenvalue weighted by atomic mass is 35.5. The van der Waals surface area contributed by atoms with Gasteiger partial charge >= 0.3 is 0 Å². The Kier molecular flexibility index (Phi) is 4.38. The topological polar surface area (TPSA) is 63.4 Å². The van der Waals surface area contributed by atoms with Crippen LogP contribution in [0.15, 0.2) is 6.07 Å². The number of halogens is 2. The highest BCUT2D eigenvalue weighted by molar-refractivity contribution is 7.20. The minimum absolute atomic E-state index is 0.0674. The Hall–Kier alpha value is -0.780. The van der Waals surface area contributed by atoms with Gasteiger partial charge in [-0.2, -0.15) is 0 Å². The highest BCUT2D eigenvalue weighted by Crippen LogP contribution is 2.33. The Morgan fingerprint density at radius 2 is 2.11 bits per heavy atom. The fourth-order valence-corrected chi connectivity index (χ4v) is 3.71. The number of likely N-dealkylation sites (tertiary alicyclic amines) is 1. The van der Waals surface area contributed by atoms with Crippen LogP contribution in [0.1, 0.15) is 30.1 Å². The minimum atomic E-state index is -0.362. The van der Waals surface area contributed by atoms with Crippen molar-refractivity contribution in [1.82, 2.24) is 4.90 Å². The molecule has 0 unspecified atom stereocenters. The van der Waals surface area contributed by atoms with E-state index in [1.54, 1.807) is 11.0 Å². The predicted octanol–water partition coefficient (Wildman–Crippen LogP) is 2.78. The lowest BCUT2D eigenvalue weighted by Gasteiger charge is -2.36. The van der Waals surface area contributed by atoms with E-state index in [1.807, 2.05) is 6.92 Å². The maximum Gasteiger partial charge on any atom is 0.256 e. The molecule has 2 N–H and O–H groups in total. The Bertz CT molecular complexity index is 518. The number of carbonyl (C=O) groups is 2. The Balaban J connectivity index is 2.21. The molecule has 1 fully saturated rings. The second-order valence-corrected chi connectivity index (χ2v) is 7.01. The second kappa shape index (κ2) is 5.69. The van der Waals surface area contributed by atoms with Gasteiger partial charge in [0.05, 0.1) is 15.8 Å². The SMILES string of the molecule is C[C@@H]1CC[C@H](C(N)=O)CN1C(=O)c1cc(Cl)sc1Cl. The van der Waals surface area contributed by atoms with Crippen molar-refractivity contribution >= 4 is 46.4 Å². The summed E-state index contributed by atoms with van der Waals surface area (Å²) in [5.74, 6) is -0.834.